The summed E-state index contributed by atoms with van der Waals surface area (Å²) in [5.41, 5.74) is 2.06. The van der Waals surface area contributed by atoms with Crippen molar-refractivity contribution in [2.24, 2.45) is 7.05 Å². The number of aryl methyl sites for hydroxylation is 2. The molecule has 112 valence electrons. The van der Waals surface area contributed by atoms with Crippen molar-refractivity contribution in [2.75, 3.05) is 13.7 Å². The molecule has 1 saturated carbocycles. The van der Waals surface area contributed by atoms with Crippen LogP contribution in [0.2, 0.25) is 0 Å². The average Bonchev–Trinajstić information content (AvgIpc) is 3.15. The van der Waals surface area contributed by atoms with Crippen molar-refractivity contribution >= 4 is 5.91 Å². The highest BCUT2D eigenvalue weighted by molar-refractivity contribution is 5.76. The lowest BCUT2D eigenvalue weighted by Gasteiger charge is -2.07. The van der Waals surface area contributed by atoms with E-state index in [9.17, 15) is 4.79 Å². The first-order chi connectivity index (χ1) is 9.61. The third kappa shape index (κ3) is 3.96. The summed E-state index contributed by atoms with van der Waals surface area (Å²) in [6.07, 6.45) is 3.72. The smallest absolute Gasteiger partial charge is 0.220 e. The van der Waals surface area contributed by atoms with Gasteiger partial charge >= 0.3 is 0 Å². The minimum Gasteiger partial charge on any atom is -0.481 e. The Morgan fingerprint density at radius 3 is 2.90 bits per heavy atom. The van der Waals surface area contributed by atoms with Gasteiger partial charge in [-0.25, -0.2) is 4.68 Å². The number of ether oxygens (including phenoxy) is 1. The molecule has 0 bridgehead atoms. The Morgan fingerprint density at radius 1 is 1.50 bits per heavy atom. The predicted molar refractivity (Wildman–Crippen MR) is 76.6 cm³/mol. The molecule has 0 atom stereocenters. The molecule has 0 aromatic carbocycles. The predicted octanol–water partition coefficient (Wildman–Crippen LogP) is 0.886. The number of carbonyl (C=O) groups is 1. The second-order valence-corrected chi connectivity index (χ2v) is 5.32. The fraction of sp³-hybridized carbons (Fsp3) is 0.714. The SMILES string of the molecule is COc1c(CNCCCC(=O)NC2CC2)c(C)nn1C. The lowest BCUT2D eigenvalue weighted by Crippen LogP contribution is -2.26. The van der Waals surface area contributed by atoms with Gasteiger partial charge in [0.1, 0.15) is 0 Å². The van der Waals surface area contributed by atoms with Crippen LogP contribution < -0.4 is 15.4 Å². The van der Waals surface area contributed by atoms with Gasteiger partial charge in [0.05, 0.1) is 18.4 Å². The number of methoxy groups -OCH3 is 1. The van der Waals surface area contributed by atoms with Gasteiger partial charge in [0, 0.05) is 26.1 Å². The molecule has 1 aliphatic carbocycles. The number of aromatic nitrogens is 2. The van der Waals surface area contributed by atoms with Crippen molar-refractivity contribution in [2.45, 2.75) is 45.2 Å². The molecule has 1 aromatic heterocycles. The molecule has 0 saturated heterocycles. The van der Waals surface area contributed by atoms with Crippen molar-refractivity contribution in [1.82, 2.24) is 20.4 Å². The monoisotopic (exact) mass is 280 g/mol. The fourth-order valence-corrected chi connectivity index (χ4v) is 2.25. The summed E-state index contributed by atoms with van der Waals surface area (Å²) in [4.78, 5) is 11.5. The molecule has 1 amide bonds. The standard InChI is InChI=1S/C14H24N4O2/c1-10-12(14(20-3)18(2)17-10)9-15-8-4-5-13(19)16-11-6-7-11/h11,15H,4-9H2,1-3H3,(H,16,19). The van der Waals surface area contributed by atoms with Crippen LogP contribution in [0, 0.1) is 6.92 Å². The van der Waals surface area contributed by atoms with Crippen LogP contribution in [0.15, 0.2) is 0 Å². The lowest BCUT2D eigenvalue weighted by molar-refractivity contribution is -0.121. The largest absolute Gasteiger partial charge is 0.481 e. The van der Waals surface area contributed by atoms with E-state index in [2.05, 4.69) is 15.7 Å². The van der Waals surface area contributed by atoms with Gasteiger partial charge in [-0.3, -0.25) is 4.79 Å². The van der Waals surface area contributed by atoms with Crippen molar-refractivity contribution in [3.8, 4) is 5.88 Å². The molecule has 6 heteroatoms. The van der Waals surface area contributed by atoms with Gasteiger partial charge < -0.3 is 15.4 Å². The zero-order chi connectivity index (χ0) is 14.5. The van der Waals surface area contributed by atoms with Gasteiger partial charge in [0.15, 0.2) is 0 Å². The Kier molecular flexibility index (Phi) is 5.00. The maximum Gasteiger partial charge on any atom is 0.220 e. The van der Waals surface area contributed by atoms with Crippen molar-refractivity contribution < 1.29 is 9.53 Å². The van der Waals surface area contributed by atoms with Crippen LogP contribution in [0.25, 0.3) is 0 Å². The number of hydrogen-bond acceptors (Lipinski definition) is 4. The fourth-order valence-electron chi connectivity index (χ4n) is 2.25. The van der Waals surface area contributed by atoms with E-state index in [0.717, 1.165) is 42.9 Å². The summed E-state index contributed by atoms with van der Waals surface area (Å²) >= 11 is 0. The lowest BCUT2D eigenvalue weighted by atomic mass is 10.2. The molecule has 0 aliphatic heterocycles. The molecule has 1 aliphatic rings. The summed E-state index contributed by atoms with van der Waals surface area (Å²) < 4.78 is 7.08. The third-order valence-electron chi connectivity index (χ3n) is 3.48. The first-order valence-corrected chi connectivity index (χ1v) is 7.18. The molecule has 0 unspecified atom stereocenters. The number of amides is 1. The molecule has 0 spiro atoms. The first kappa shape index (κ1) is 14.8. The molecule has 1 fully saturated rings. The topological polar surface area (TPSA) is 68.2 Å². The maximum absolute atomic E-state index is 11.5. The normalized spacial score (nSPS) is 14.3. The van der Waals surface area contributed by atoms with E-state index in [1.807, 2.05) is 14.0 Å². The molecular formula is C14H24N4O2. The molecule has 2 N–H and O–H groups in total. The second kappa shape index (κ2) is 6.74. The third-order valence-corrected chi connectivity index (χ3v) is 3.48. The van der Waals surface area contributed by atoms with E-state index in [1.165, 1.54) is 0 Å². The Hall–Kier alpha value is -1.56. The summed E-state index contributed by atoms with van der Waals surface area (Å²) in [6.45, 7) is 3.51. The number of carbonyl (C=O) groups excluding carboxylic acids is 1. The molecule has 0 radical (unpaired) electrons. The highest BCUT2D eigenvalue weighted by Crippen LogP contribution is 2.20. The quantitative estimate of drug-likeness (QED) is 0.694. The van der Waals surface area contributed by atoms with Crippen LogP contribution in [-0.4, -0.2) is 35.4 Å². The molecular weight excluding hydrogens is 256 g/mol. The van der Waals surface area contributed by atoms with E-state index in [-0.39, 0.29) is 5.91 Å². The highest BCUT2D eigenvalue weighted by Gasteiger charge is 2.22. The Morgan fingerprint density at radius 2 is 2.25 bits per heavy atom. The number of hydrogen-bond donors (Lipinski definition) is 2. The summed E-state index contributed by atoms with van der Waals surface area (Å²) in [5, 5.41) is 10.7. The first-order valence-electron chi connectivity index (χ1n) is 7.18. The Bertz CT molecular complexity index is 466. The molecule has 2 rings (SSSR count). The number of nitrogens with zero attached hydrogens (tertiary/aromatic N) is 2. The van der Waals surface area contributed by atoms with Crippen LogP contribution in [0.4, 0.5) is 0 Å². The Labute approximate surface area is 119 Å². The van der Waals surface area contributed by atoms with Gasteiger partial charge in [-0.1, -0.05) is 0 Å². The van der Waals surface area contributed by atoms with Gasteiger partial charge in [0.25, 0.3) is 0 Å². The Balaban J connectivity index is 1.66. The van der Waals surface area contributed by atoms with Gasteiger partial charge in [-0.15, -0.1) is 0 Å². The number of nitrogens with one attached hydrogen (secondary N) is 2. The van der Waals surface area contributed by atoms with Gasteiger partial charge in [-0.05, 0) is 32.7 Å². The zero-order valence-corrected chi connectivity index (χ0v) is 12.5. The van der Waals surface area contributed by atoms with E-state index >= 15 is 0 Å². The maximum atomic E-state index is 11.5. The van der Waals surface area contributed by atoms with E-state index in [4.69, 9.17) is 4.74 Å². The second-order valence-electron chi connectivity index (χ2n) is 5.32. The van der Waals surface area contributed by atoms with Gasteiger partial charge in [0.2, 0.25) is 11.8 Å². The van der Waals surface area contributed by atoms with Gasteiger partial charge in [-0.2, -0.15) is 5.10 Å². The average molecular weight is 280 g/mol. The molecule has 6 nitrogen and oxygen atoms in total. The van der Waals surface area contributed by atoms with Crippen LogP contribution in [0.5, 0.6) is 5.88 Å². The zero-order valence-electron chi connectivity index (χ0n) is 12.5. The van der Waals surface area contributed by atoms with E-state index < -0.39 is 0 Å². The summed E-state index contributed by atoms with van der Waals surface area (Å²) in [7, 11) is 3.53. The van der Waals surface area contributed by atoms with Crippen molar-refractivity contribution in [3.63, 3.8) is 0 Å². The van der Waals surface area contributed by atoms with Crippen molar-refractivity contribution in [1.29, 1.82) is 0 Å². The van der Waals surface area contributed by atoms with E-state index in [1.54, 1.807) is 11.8 Å². The minimum absolute atomic E-state index is 0.171. The van der Waals surface area contributed by atoms with Crippen molar-refractivity contribution in [3.05, 3.63) is 11.3 Å². The van der Waals surface area contributed by atoms with E-state index in [0.29, 0.717) is 19.0 Å². The van der Waals surface area contributed by atoms with Crippen LogP contribution in [0.3, 0.4) is 0 Å². The highest BCUT2D eigenvalue weighted by atomic mass is 16.5. The number of rotatable bonds is 8. The molecule has 1 aromatic rings. The summed E-state index contributed by atoms with van der Waals surface area (Å²) in [6, 6.07) is 0.456. The minimum atomic E-state index is 0.171. The van der Waals surface area contributed by atoms with Crippen LogP contribution >= 0.6 is 0 Å². The molecule has 1 heterocycles. The van der Waals surface area contributed by atoms with Crippen LogP contribution in [-0.2, 0) is 18.4 Å². The van der Waals surface area contributed by atoms with Crippen LogP contribution in [0.1, 0.15) is 36.9 Å². The molecule has 20 heavy (non-hydrogen) atoms. The summed E-state index contributed by atoms with van der Waals surface area (Å²) in [5.74, 6) is 0.964.